The second-order valence-corrected chi connectivity index (χ2v) is 6.40. The van der Waals surface area contributed by atoms with E-state index >= 15 is 0 Å². The zero-order chi connectivity index (χ0) is 19.5. The van der Waals surface area contributed by atoms with E-state index in [2.05, 4.69) is 20.8 Å². The molecule has 28 heavy (non-hydrogen) atoms. The minimum atomic E-state index is -0.844. The number of anilines is 1. The van der Waals surface area contributed by atoms with Gasteiger partial charge in [0, 0.05) is 6.42 Å². The quantitative estimate of drug-likeness (QED) is 0.647. The number of nitrogens with one attached hydrogen (secondary N) is 3. The summed E-state index contributed by atoms with van der Waals surface area (Å²) >= 11 is 0. The molecule has 3 N–H and O–H groups in total. The fraction of sp³-hybridized carbons (Fsp3) is 0.150. The molecule has 1 aromatic heterocycles. The first kappa shape index (κ1) is 17.7. The molecule has 2 heterocycles. The first-order valence-corrected chi connectivity index (χ1v) is 8.71. The van der Waals surface area contributed by atoms with E-state index in [1.807, 2.05) is 0 Å². The number of hydrogen-bond donors (Lipinski definition) is 3. The van der Waals surface area contributed by atoms with Crippen LogP contribution in [0.25, 0.3) is 0 Å². The predicted octanol–water partition coefficient (Wildman–Crippen LogP) is 2.27. The van der Waals surface area contributed by atoms with Gasteiger partial charge in [-0.3, -0.25) is 14.7 Å². The number of benzene rings is 2. The Labute approximate surface area is 159 Å². The lowest BCUT2D eigenvalue weighted by atomic mass is 10.1. The van der Waals surface area contributed by atoms with Crippen molar-refractivity contribution in [2.45, 2.75) is 12.5 Å². The van der Waals surface area contributed by atoms with E-state index in [-0.39, 0.29) is 24.0 Å². The maximum absolute atomic E-state index is 13.0. The monoisotopic (exact) mass is 380 g/mol. The smallest absolute Gasteiger partial charge is 0.270 e. The molecule has 3 aromatic rings. The molecule has 142 valence electrons. The van der Waals surface area contributed by atoms with Gasteiger partial charge in [-0.05, 0) is 35.9 Å². The van der Waals surface area contributed by atoms with Crippen LogP contribution in [0.3, 0.4) is 0 Å². The Morgan fingerprint density at radius 2 is 2.00 bits per heavy atom. The highest BCUT2D eigenvalue weighted by Gasteiger charge is 2.27. The Morgan fingerprint density at radius 3 is 2.82 bits per heavy atom. The Morgan fingerprint density at radius 1 is 1.21 bits per heavy atom. The van der Waals surface area contributed by atoms with Crippen LogP contribution in [0.5, 0.6) is 5.75 Å². The summed E-state index contributed by atoms with van der Waals surface area (Å²) in [4.78, 5) is 24.8. The molecule has 1 atom stereocenters. The van der Waals surface area contributed by atoms with Crippen LogP contribution < -0.4 is 15.4 Å². The van der Waals surface area contributed by atoms with Crippen molar-refractivity contribution >= 4 is 17.5 Å². The third-order valence-corrected chi connectivity index (χ3v) is 4.35. The highest BCUT2D eigenvalue weighted by Crippen LogP contribution is 2.26. The maximum Gasteiger partial charge on any atom is 0.270 e. The molecule has 2 amide bonds. The van der Waals surface area contributed by atoms with E-state index in [1.54, 1.807) is 42.5 Å². The molecule has 0 saturated heterocycles. The average molecular weight is 380 g/mol. The molecule has 4 rings (SSSR count). The van der Waals surface area contributed by atoms with Gasteiger partial charge >= 0.3 is 0 Å². The first-order valence-electron chi connectivity index (χ1n) is 8.71. The SMILES string of the molecule is O=C(NC1COc2ccccc2NC1=O)c1cc(Cc2ccc(F)cc2)n[nH]1. The minimum Gasteiger partial charge on any atom is -0.489 e. The van der Waals surface area contributed by atoms with Crippen LogP contribution in [-0.2, 0) is 11.2 Å². The van der Waals surface area contributed by atoms with Gasteiger partial charge in [0.25, 0.3) is 11.8 Å². The van der Waals surface area contributed by atoms with Gasteiger partial charge in [0.05, 0.1) is 11.4 Å². The number of aromatic amines is 1. The highest BCUT2D eigenvalue weighted by atomic mass is 19.1. The predicted molar refractivity (Wildman–Crippen MR) is 99.6 cm³/mol. The van der Waals surface area contributed by atoms with Crippen LogP contribution in [0, 0.1) is 5.82 Å². The molecular formula is C20H17FN4O3. The van der Waals surface area contributed by atoms with Crippen LogP contribution in [0.15, 0.2) is 54.6 Å². The third kappa shape index (κ3) is 3.85. The van der Waals surface area contributed by atoms with Gasteiger partial charge in [-0.2, -0.15) is 5.10 Å². The molecule has 8 heteroatoms. The normalized spacial score (nSPS) is 15.8. The third-order valence-electron chi connectivity index (χ3n) is 4.35. The Kier molecular flexibility index (Phi) is 4.76. The molecule has 0 saturated carbocycles. The Bertz CT molecular complexity index is 1020. The lowest BCUT2D eigenvalue weighted by Gasteiger charge is -2.13. The number of H-pyrrole nitrogens is 1. The molecule has 0 aliphatic carbocycles. The molecule has 0 bridgehead atoms. The standard InChI is InChI=1S/C20H17FN4O3/c21-13-7-5-12(6-8-13)9-14-10-16(25-24-14)19(26)23-17-11-28-18-4-2-1-3-15(18)22-20(17)27/h1-8,10,17H,9,11H2,(H,22,27)(H,23,26)(H,24,25). The zero-order valence-corrected chi connectivity index (χ0v) is 14.7. The van der Waals surface area contributed by atoms with Crippen molar-refractivity contribution in [1.29, 1.82) is 0 Å². The molecule has 2 aromatic carbocycles. The van der Waals surface area contributed by atoms with Crippen LogP contribution >= 0.6 is 0 Å². The molecule has 0 fully saturated rings. The summed E-state index contributed by atoms with van der Waals surface area (Å²) in [5.41, 5.74) is 2.29. The number of aromatic nitrogens is 2. The van der Waals surface area contributed by atoms with E-state index in [0.29, 0.717) is 23.6 Å². The maximum atomic E-state index is 13.0. The summed E-state index contributed by atoms with van der Waals surface area (Å²) in [5.74, 6) is -0.579. The van der Waals surface area contributed by atoms with Gasteiger partial charge in [-0.1, -0.05) is 24.3 Å². The highest BCUT2D eigenvalue weighted by molar-refractivity contribution is 6.01. The van der Waals surface area contributed by atoms with Crippen molar-refractivity contribution in [2.24, 2.45) is 0 Å². The van der Waals surface area contributed by atoms with Gasteiger partial charge < -0.3 is 15.4 Å². The second-order valence-electron chi connectivity index (χ2n) is 6.40. The summed E-state index contributed by atoms with van der Waals surface area (Å²) < 4.78 is 18.6. The van der Waals surface area contributed by atoms with Gasteiger partial charge in [0.1, 0.15) is 29.9 Å². The number of carbonyl (C=O) groups excluding carboxylic acids is 2. The van der Waals surface area contributed by atoms with Crippen LogP contribution in [0.1, 0.15) is 21.7 Å². The molecule has 1 aliphatic rings. The van der Waals surface area contributed by atoms with E-state index in [9.17, 15) is 14.0 Å². The number of carbonyl (C=O) groups is 2. The lowest BCUT2D eigenvalue weighted by molar-refractivity contribution is -0.118. The summed E-state index contributed by atoms with van der Waals surface area (Å²) in [6.45, 7) is 0.0190. The van der Waals surface area contributed by atoms with Crippen molar-refractivity contribution < 1.29 is 18.7 Å². The van der Waals surface area contributed by atoms with Crippen molar-refractivity contribution in [3.8, 4) is 5.75 Å². The van der Waals surface area contributed by atoms with E-state index in [4.69, 9.17) is 4.74 Å². The number of fused-ring (bicyclic) bond motifs is 1. The van der Waals surface area contributed by atoms with Gasteiger partial charge in [-0.15, -0.1) is 0 Å². The van der Waals surface area contributed by atoms with Crippen LogP contribution in [-0.4, -0.2) is 34.7 Å². The van der Waals surface area contributed by atoms with E-state index in [1.165, 1.54) is 12.1 Å². The second kappa shape index (κ2) is 7.51. The number of nitrogens with zero attached hydrogens (tertiary/aromatic N) is 1. The molecule has 0 spiro atoms. The largest absolute Gasteiger partial charge is 0.489 e. The van der Waals surface area contributed by atoms with Crippen molar-refractivity contribution in [1.82, 2.24) is 15.5 Å². The molecule has 0 radical (unpaired) electrons. The van der Waals surface area contributed by atoms with Crippen molar-refractivity contribution in [3.63, 3.8) is 0 Å². The first-order chi connectivity index (χ1) is 13.6. The number of amides is 2. The molecule has 1 unspecified atom stereocenters. The number of hydrogen-bond acceptors (Lipinski definition) is 4. The average Bonchev–Trinajstić information content (AvgIpc) is 3.10. The number of ether oxygens (including phenoxy) is 1. The molecular weight excluding hydrogens is 363 g/mol. The molecule has 7 nitrogen and oxygen atoms in total. The lowest BCUT2D eigenvalue weighted by Crippen LogP contribution is -2.46. The van der Waals surface area contributed by atoms with E-state index in [0.717, 1.165) is 5.56 Å². The Balaban J connectivity index is 1.41. The van der Waals surface area contributed by atoms with Crippen molar-refractivity contribution in [2.75, 3.05) is 11.9 Å². The fourth-order valence-electron chi connectivity index (χ4n) is 2.89. The summed E-state index contributed by atoms with van der Waals surface area (Å²) in [6.07, 6.45) is 0.451. The van der Waals surface area contributed by atoms with Crippen LogP contribution in [0.2, 0.25) is 0 Å². The van der Waals surface area contributed by atoms with Crippen LogP contribution in [0.4, 0.5) is 10.1 Å². The van der Waals surface area contributed by atoms with Crippen molar-refractivity contribution in [3.05, 3.63) is 77.4 Å². The molecule has 1 aliphatic heterocycles. The Hall–Kier alpha value is -3.68. The topological polar surface area (TPSA) is 96.1 Å². The number of halogens is 1. The van der Waals surface area contributed by atoms with Gasteiger partial charge in [-0.25, -0.2) is 4.39 Å². The number of rotatable bonds is 4. The fourth-order valence-corrected chi connectivity index (χ4v) is 2.89. The van der Waals surface area contributed by atoms with E-state index < -0.39 is 11.9 Å². The summed E-state index contributed by atoms with van der Waals surface area (Å²) in [5, 5.41) is 12.2. The minimum absolute atomic E-state index is 0.0190. The zero-order valence-electron chi connectivity index (χ0n) is 14.7. The summed E-state index contributed by atoms with van der Waals surface area (Å²) in [7, 11) is 0. The van der Waals surface area contributed by atoms with Gasteiger partial charge in [0.2, 0.25) is 0 Å². The van der Waals surface area contributed by atoms with Gasteiger partial charge in [0.15, 0.2) is 0 Å². The summed E-state index contributed by atoms with van der Waals surface area (Å²) in [6, 6.07) is 13.9. The number of para-hydroxylation sites is 2.